The van der Waals surface area contributed by atoms with Crippen LogP contribution in [0.25, 0.3) is 5.32 Å². The third-order valence-electron chi connectivity index (χ3n) is 2.90. The molecule has 0 spiro atoms. The van der Waals surface area contributed by atoms with Crippen molar-refractivity contribution < 1.29 is 18.9 Å². The van der Waals surface area contributed by atoms with Crippen molar-refractivity contribution in [3.63, 3.8) is 0 Å². The molecule has 0 saturated carbocycles. The number of hydrogen-bond donors (Lipinski definition) is 0. The van der Waals surface area contributed by atoms with E-state index in [1.165, 1.54) is 38.8 Å². The first-order valence-corrected chi connectivity index (χ1v) is 4.84. The molecule has 2 aliphatic heterocycles. The summed E-state index contributed by atoms with van der Waals surface area (Å²) in [5, 5.41) is 4.37. The second-order valence-corrected chi connectivity index (χ2v) is 3.65. The summed E-state index contributed by atoms with van der Waals surface area (Å²) in [4.78, 5) is 2.66. The predicted octanol–water partition coefficient (Wildman–Crippen LogP) is -1.38. The average Bonchev–Trinajstić information content (AvgIpc) is 2.58. The molecule has 0 atom stereocenters. The van der Waals surface area contributed by atoms with Gasteiger partial charge in [0.25, 0.3) is 0 Å². The van der Waals surface area contributed by atoms with Gasteiger partial charge in [0.1, 0.15) is 0 Å². The monoisotopic (exact) mass is 160 g/mol. The molecular weight excluding hydrogens is 143 g/mol. The van der Waals surface area contributed by atoms with Crippen molar-refractivity contribution >= 4 is 0 Å². The van der Waals surface area contributed by atoms with Gasteiger partial charge in [0.05, 0.1) is 0 Å². The molecule has 0 aromatic heterocycles. The minimum absolute atomic E-state index is 0. The maximum atomic E-state index is 4.37. The van der Waals surface area contributed by atoms with Gasteiger partial charge in [0.15, 0.2) is 0 Å². The molecule has 0 radical (unpaired) electrons. The number of likely N-dealkylation sites (tertiary alicyclic amines) is 1. The Kier molecular flexibility index (Phi) is 4.67. The normalized spacial score (nSPS) is 27.0. The predicted molar refractivity (Wildman–Crippen MR) is 46.9 cm³/mol. The summed E-state index contributed by atoms with van der Waals surface area (Å²) >= 11 is 0. The van der Waals surface area contributed by atoms with Crippen LogP contribution in [0.3, 0.4) is 0 Å². The number of nitrogens with zero attached hydrogens (tertiary/aromatic N) is 2. The van der Waals surface area contributed by atoms with Crippen molar-refractivity contribution in [3.05, 3.63) is 5.32 Å². The Labute approximate surface area is 87.3 Å². The van der Waals surface area contributed by atoms with E-state index in [0.29, 0.717) is 0 Å². The Morgan fingerprint density at radius 1 is 1.00 bits per heavy atom. The number of piperidine rings is 1. The molecule has 0 unspecified atom stereocenters. The van der Waals surface area contributed by atoms with Crippen molar-refractivity contribution in [3.8, 4) is 0 Å². The Morgan fingerprint density at radius 3 is 2.17 bits per heavy atom. The third kappa shape index (κ3) is 2.50. The molecule has 2 fully saturated rings. The van der Waals surface area contributed by atoms with Crippen LogP contribution in [-0.2, 0) is 0 Å². The molecule has 12 heavy (non-hydrogen) atoms. The standard InChI is InChI=1S/C9H17N2.Li/c1-2-8-11(7-1)9-3-5-10-6-4-9;/h9H,1-8H2;/q-1;+1. The van der Waals surface area contributed by atoms with Crippen LogP contribution in [0.4, 0.5) is 0 Å². The minimum atomic E-state index is 0. The minimum Gasteiger partial charge on any atom is -0.662 e. The Balaban J connectivity index is 0.000000720. The summed E-state index contributed by atoms with van der Waals surface area (Å²) in [5.74, 6) is 0. The summed E-state index contributed by atoms with van der Waals surface area (Å²) < 4.78 is 0. The van der Waals surface area contributed by atoms with Crippen LogP contribution < -0.4 is 18.9 Å². The smallest absolute Gasteiger partial charge is 0.662 e. The van der Waals surface area contributed by atoms with E-state index in [9.17, 15) is 0 Å². The largest absolute Gasteiger partial charge is 1.00 e. The van der Waals surface area contributed by atoms with Crippen molar-refractivity contribution in [1.29, 1.82) is 0 Å². The van der Waals surface area contributed by atoms with Crippen molar-refractivity contribution in [2.24, 2.45) is 0 Å². The SMILES string of the molecule is C1CCN(C2CC[N-]CC2)C1.[Li+]. The van der Waals surface area contributed by atoms with Gasteiger partial charge in [-0.15, -0.1) is 13.1 Å². The van der Waals surface area contributed by atoms with Gasteiger partial charge in [0.2, 0.25) is 0 Å². The van der Waals surface area contributed by atoms with Crippen LogP contribution in [0.2, 0.25) is 0 Å². The number of hydrogen-bond acceptors (Lipinski definition) is 1. The van der Waals surface area contributed by atoms with Crippen LogP contribution >= 0.6 is 0 Å². The first-order valence-electron chi connectivity index (χ1n) is 4.84. The van der Waals surface area contributed by atoms with Crippen LogP contribution in [0.15, 0.2) is 0 Å². The zero-order valence-corrected chi connectivity index (χ0v) is 8.13. The van der Waals surface area contributed by atoms with Gasteiger partial charge >= 0.3 is 18.9 Å². The summed E-state index contributed by atoms with van der Waals surface area (Å²) in [6.45, 7) is 4.93. The summed E-state index contributed by atoms with van der Waals surface area (Å²) in [6.07, 6.45) is 5.49. The fourth-order valence-corrected chi connectivity index (χ4v) is 2.21. The zero-order chi connectivity index (χ0) is 7.52. The molecule has 0 bridgehead atoms. The molecule has 3 heteroatoms. The summed E-state index contributed by atoms with van der Waals surface area (Å²) in [7, 11) is 0. The second kappa shape index (κ2) is 5.29. The van der Waals surface area contributed by atoms with E-state index in [-0.39, 0.29) is 18.9 Å². The first kappa shape index (κ1) is 10.6. The van der Waals surface area contributed by atoms with E-state index < -0.39 is 0 Å². The molecule has 2 nitrogen and oxygen atoms in total. The fourth-order valence-electron chi connectivity index (χ4n) is 2.21. The Bertz CT molecular complexity index is 118. The Morgan fingerprint density at radius 2 is 1.58 bits per heavy atom. The maximum absolute atomic E-state index is 4.37. The molecule has 2 rings (SSSR count). The van der Waals surface area contributed by atoms with Crippen LogP contribution in [0.1, 0.15) is 25.7 Å². The van der Waals surface area contributed by atoms with E-state index in [0.717, 1.165) is 19.1 Å². The van der Waals surface area contributed by atoms with Gasteiger partial charge in [-0.05, 0) is 25.9 Å². The van der Waals surface area contributed by atoms with Crippen molar-refractivity contribution in [2.45, 2.75) is 31.7 Å². The maximum Gasteiger partial charge on any atom is 1.00 e. The average molecular weight is 160 g/mol. The molecule has 0 aromatic rings. The van der Waals surface area contributed by atoms with Gasteiger partial charge in [-0.1, -0.05) is 12.8 Å². The molecule has 0 amide bonds. The molecule has 0 N–H and O–H groups in total. The van der Waals surface area contributed by atoms with Crippen molar-refractivity contribution in [1.82, 2.24) is 4.90 Å². The molecular formula is C9H17LiN2. The Hall–Kier alpha value is 0.517. The van der Waals surface area contributed by atoms with E-state index in [2.05, 4.69) is 10.2 Å². The molecule has 0 aliphatic carbocycles. The van der Waals surface area contributed by atoms with Gasteiger partial charge in [-0.2, -0.15) is 0 Å². The molecule has 0 aromatic carbocycles. The first-order chi connectivity index (χ1) is 5.47. The van der Waals surface area contributed by atoms with Gasteiger partial charge in [-0.3, -0.25) is 0 Å². The van der Waals surface area contributed by atoms with E-state index in [1.54, 1.807) is 0 Å². The van der Waals surface area contributed by atoms with Gasteiger partial charge in [-0.25, -0.2) is 0 Å². The van der Waals surface area contributed by atoms with Gasteiger partial charge in [0, 0.05) is 6.04 Å². The third-order valence-corrected chi connectivity index (χ3v) is 2.90. The molecule has 64 valence electrons. The zero-order valence-electron chi connectivity index (χ0n) is 8.13. The van der Waals surface area contributed by atoms with Crippen LogP contribution in [0, 0.1) is 0 Å². The van der Waals surface area contributed by atoms with Crippen LogP contribution in [0.5, 0.6) is 0 Å². The second-order valence-electron chi connectivity index (χ2n) is 3.65. The molecule has 2 saturated heterocycles. The molecule has 2 heterocycles. The van der Waals surface area contributed by atoms with E-state index in [1.807, 2.05) is 0 Å². The van der Waals surface area contributed by atoms with Gasteiger partial charge < -0.3 is 10.2 Å². The van der Waals surface area contributed by atoms with Crippen LogP contribution in [-0.4, -0.2) is 37.1 Å². The van der Waals surface area contributed by atoms with Crippen molar-refractivity contribution in [2.75, 3.05) is 26.2 Å². The van der Waals surface area contributed by atoms with E-state index >= 15 is 0 Å². The fraction of sp³-hybridized carbons (Fsp3) is 1.00. The topological polar surface area (TPSA) is 17.3 Å². The van der Waals surface area contributed by atoms with E-state index in [4.69, 9.17) is 0 Å². The summed E-state index contributed by atoms with van der Waals surface area (Å²) in [6, 6.07) is 0.884. The molecule has 2 aliphatic rings. The number of rotatable bonds is 1. The quantitative estimate of drug-likeness (QED) is 0.432. The summed E-state index contributed by atoms with van der Waals surface area (Å²) in [5.41, 5.74) is 0.